The summed E-state index contributed by atoms with van der Waals surface area (Å²) in [6, 6.07) is 18.1. The van der Waals surface area contributed by atoms with E-state index in [4.69, 9.17) is 16.6 Å². The van der Waals surface area contributed by atoms with Crippen LogP contribution in [0, 0.1) is 0 Å². The molecule has 0 fully saturated rings. The fourth-order valence-electron chi connectivity index (χ4n) is 2.30. The Hall–Kier alpha value is -1.84. The Morgan fingerprint density at radius 1 is 1.05 bits per heavy atom. The molecule has 22 heavy (non-hydrogen) atoms. The highest BCUT2D eigenvalue weighted by molar-refractivity contribution is 7.16. The number of nitrogens with one attached hydrogen (secondary N) is 1. The zero-order chi connectivity index (χ0) is 15.4. The van der Waals surface area contributed by atoms with E-state index in [-0.39, 0.29) is 0 Å². The van der Waals surface area contributed by atoms with Crippen molar-refractivity contribution in [1.29, 1.82) is 0 Å². The van der Waals surface area contributed by atoms with Gasteiger partial charge >= 0.3 is 0 Å². The molecule has 0 saturated heterocycles. The average molecular weight is 329 g/mol. The van der Waals surface area contributed by atoms with Crippen LogP contribution in [0.3, 0.4) is 0 Å². The minimum Gasteiger partial charge on any atom is -0.330 e. The zero-order valence-electron chi connectivity index (χ0n) is 12.3. The van der Waals surface area contributed by atoms with Gasteiger partial charge in [-0.2, -0.15) is 0 Å². The maximum atomic E-state index is 6.21. The predicted octanol–water partition coefficient (Wildman–Crippen LogP) is 6.16. The van der Waals surface area contributed by atoms with Gasteiger partial charge in [0.15, 0.2) is 5.13 Å². The Labute approximate surface area is 139 Å². The summed E-state index contributed by atoms with van der Waals surface area (Å²) in [5.74, 6) is 0. The first kappa shape index (κ1) is 15.1. The molecule has 0 aliphatic rings. The molecule has 0 atom stereocenters. The number of anilines is 2. The average Bonchev–Trinajstić information content (AvgIpc) is 2.94. The lowest BCUT2D eigenvalue weighted by molar-refractivity contribution is 0.938. The van der Waals surface area contributed by atoms with Gasteiger partial charge in [0.05, 0.1) is 16.4 Å². The summed E-state index contributed by atoms with van der Waals surface area (Å²) >= 11 is 7.91. The number of nitrogens with zero attached hydrogens (tertiary/aromatic N) is 1. The van der Waals surface area contributed by atoms with Gasteiger partial charge in [-0.3, -0.25) is 0 Å². The monoisotopic (exact) mass is 328 g/mol. The largest absolute Gasteiger partial charge is 0.330 e. The molecule has 3 rings (SSSR count). The highest BCUT2D eigenvalue weighted by atomic mass is 35.5. The van der Waals surface area contributed by atoms with Crippen molar-refractivity contribution in [3.05, 3.63) is 64.5 Å². The molecule has 2 nitrogen and oxygen atoms in total. The second-order valence-corrected chi connectivity index (χ2v) is 6.50. The van der Waals surface area contributed by atoms with Crippen LogP contribution in [0.25, 0.3) is 11.3 Å². The molecule has 0 aliphatic heterocycles. The van der Waals surface area contributed by atoms with Crippen LogP contribution in [-0.2, 0) is 6.42 Å². The number of halogens is 1. The molecule has 4 heteroatoms. The standard InChI is InChI=1S/C18H17ClN2S/c1-2-8-16-17(13-9-4-3-5-10-13)21-18(22-16)20-15-12-7-6-11-14(15)19/h3-7,9-12H,2,8H2,1H3,(H,20,21). The third-order valence-electron chi connectivity index (χ3n) is 3.34. The Bertz CT molecular complexity index is 753. The maximum absolute atomic E-state index is 6.21. The number of hydrogen-bond donors (Lipinski definition) is 1. The molecular weight excluding hydrogens is 312 g/mol. The Balaban J connectivity index is 1.95. The third-order valence-corrected chi connectivity index (χ3v) is 4.70. The van der Waals surface area contributed by atoms with Crippen molar-refractivity contribution in [3.8, 4) is 11.3 Å². The third kappa shape index (κ3) is 3.32. The second kappa shape index (κ2) is 6.95. The van der Waals surface area contributed by atoms with Crippen LogP contribution < -0.4 is 5.32 Å². The topological polar surface area (TPSA) is 24.9 Å². The van der Waals surface area contributed by atoms with E-state index in [0.29, 0.717) is 5.02 Å². The van der Waals surface area contributed by atoms with Crippen molar-refractivity contribution in [2.45, 2.75) is 19.8 Å². The summed E-state index contributed by atoms with van der Waals surface area (Å²) in [7, 11) is 0. The zero-order valence-corrected chi connectivity index (χ0v) is 13.9. The van der Waals surface area contributed by atoms with Gasteiger partial charge in [-0.05, 0) is 18.6 Å². The summed E-state index contributed by atoms with van der Waals surface area (Å²) in [6.45, 7) is 2.19. The first-order chi connectivity index (χ1) is 10.8. The van der Waals surface area contributed by atoms with Crippen LogP contribution >= 0.6 is 22.9 Å². The molecule has 0 unspecified atom stereocenters. The van der Waals surface area contributed by atoms with Gasteiger partial charge in [-0.15, -0.1) is 11.3 Å². The number of aryl methyl sites for hydroxylation is 1. The van der Waals surface area contributed by atoms with Crippen molar-refractivity contribution in [3.63, 3.8) is 0 Å². The van der Waals surface area contributed by atoms with Crippen LogP contribution in [0.4, 0.5) is 10.8 Å². The van der Waals surface area contributed by atoms with Gasteiger partial charge in [0.1, 0.15) is 0 Å². The van der Waals surface area contributed by atoms with Crippen molar-refractivity contribution in [2.24, 2.45) is 0 Å². The highest BCUT2D eigenvalue weighted by Gasteiger charge is 2.13. The van der Waals surface area contributed by atoms with E-state index in [1.807, 2.05) is 42.5 Å². The normalized spacial score (nSPS) is 10.6. The molecule has 0 saturated carbocycles. The minimum absolute atomic E-state index is 0.705. The van der Waals surface area contributed by atoms with Crippen molar-refractivity contribution in [1.82, 2.24) is 4.98 Å². The van der Waals surface area contributed by atoms with E-state index in [2.05, 4.69) is 24.4 Å². The lowest BCUT2D eigenvalue weighted by atomic mass is 10.1. The smallest absolute Gasteiger partial charge is 0.188 e. The summed E-state index contributed by atoms with van der Waals surface area (Å²) in [6.07, 6.45) is 2.14. The molecule has 0 amide bonds. The number of benzene rings is 2. The van der Waals surface area contributed by atoms with Gasteiger partial charge in [-0.25, -0.2) is 4.98 Å². The summed E-state index contributed by atoms with van der Waals surface area (Å²) in [5.41, 5.74) is 3.12. The lowest BCUT2D eigenvalue weighted by Crippen LogP contribution is -1.90. The molecule has 1 N–H and O–H groups in total. The molecule has 1 aromatic heterocycles. The molecule has 0 bridgehead atoms. The van der Waals surface area contributed by atoms with Crippen LogP contribution in [-0.4, -0.2) is 4.98 Å². The molecular formula is C18H17ClN2S. The van der Waals surface area contributed by atoms with Crippen LogP contribution in [0.15, 0.2) is 54.6 Å². The van der Waals surface area contributed by atoms with Crippen molar-refractivity contribution < 1.29 is 0 Å². The number of rotatable bonds is 5. The van der Waals surface area contributed by atoms with E-state index in [9.17, 15) is 0 Å². The first-order valence-electron chi connectivity index (χ1n) is 7.34. The number of thiazole rings is 1. The van der Waals surface area contributed by atoms with E-state index >= 15 is 0 Å². The summed E-state index contributed by atoms with van der Waals surface area (Å²) < 4.78 is 0. The van der Waals surface area contributed by atoms with E-state index in [1.165, 1.54) is 4.88 Å². The molecule has 2 aromatic carbocycles. The Morgan fingerprint density at radius 2 is 1.77 bits per heavy atom. The molecule has 112 valence electrons. The van der Waals surface area contributed by atoms with E-state index in [0.717, 1.165) is 34.9 Å². The van der Waals surface area contributed by atoms with Crippen LogP contribution in [0.1, 0.15) is 18.2 Å². The second-order valence-electron chi connectivity index (χ2n) is 5.01. The van der Waals surface area contributed by atoms with Crippen LogP contribution in [0.5, 0.6) is 0 Å². The molecule has 0 spiro atoms. The van der Waals surface area contributed by atoms with Gasteiger partial charge in [0.2, 0.25) is 0 Å². The summed E-state index contributed by atoms with van der Waals surface area (Å²) in [4.78, 5) is 6.09. The Morgan fingerprint density at radius 3 is 2.50 bits per heavy atom. The number of hydrogen-bond acceptors (Lipinski definition) is 3. The summed E-state index contributed by atoms with van der Waals surface area (Å²) in [5, 5.41) is 4.93. The van der Waals surface area contributed by atoms with E-state index < -0.39 is 0 Å². The highest BCUT2D eigenvalue weighted by Crippen LogP contribution is 2.34. The lowest BCUT2D eigenvalue weighted by Gasteiger charge is -2.03. The van der Waals surface area contributed by atoms with Gasteiger partial charge < -0.3 is 5.32 Å². The molecule has 0 aliphatic carbocycles. The van der Waals surface area contributed by atoms with E-state index in [1.54, 1.807) is 11.3 Å². The first-order valence-corrected chi connectivity index (χ1v) is 8.54. The molecule has 0 radical (unpaired) electrons. The van der Waals surface area contributed by atoms with Crippen molar-refractivity contribution in [2.75, 3.05) is 5.32 Å². The predicted molar refractivity (Wildman–Crippen MR) is 96.3 cm³/mol. The quantitative estimate of drug-likeness (QED) is 0.606. The van der Waals surface area contributed by atoms with Gasteiger partial charge in [-0.1, -0.05) is 67.4 Å². The van der Waals surface area contributed by atoms with Gasteiger partial charge in [0, 0.05) is 10.4 Å². The van der Waals surface area contributed by atoms with Crippen LogP contribution in [0.2, 0.25) is 5.02 Å². The fraction of sp³-hybridized carbons (Fsp3) is 0.167. The number of aromatic nitrogens is 1. The maximum Gasteiger partial charge on any atom is 0.188 e. The Kier molecular flexibility index (Phi) is 4.76. The number of para-hydroxylation sites is 1. The fourth-order valence-corrected chi connectivity index (χ4v) is 3.58. The SMILES string of the molecule is CCCc1sc(Nc2ccccc2Cl)nc1-c1ccccc1. The molecule has 3 aromatic rings. The molecule has 1 heterocycles. The minimum atomic E-state index is 0.705. The van der Waals surface area contributed by atoms with Gasteiger partial charge in [0.25, 0.3) is 0 Å². The van der Waals surface area contributed by atoms with Crippen molar-refractivity contribution >= 4 is 33.8 Å².